The Kier molecular flexibility index (Phi) is 4.79. The van der Waals surface area contributed by atoms with Crippen LogP contribution in [0.1, 0.15) is 39.8 Å². The maximum Gasteiger partial charge on any atom is 0.272 e. The van der Waals surface area contributed by atoms with Crippen LogP contribution in [0.2, 0.25) is 0 Å². The number of pyridine rings is 1. The number of amides is 2. The maximum absolute atomic E-state index is 12.5. The van der Waals surface area contributed by atoms with Crippen molar-refractivity contribution in [2.75, 3.05) is 11.9 Å². The summed E-state index contributed by atoms with van der Waals surface area (Å²) in [7, 11) is 0. The topological polar surface area (TPSA) is 75.5 Å². The summed E-state index contributed by atoms with van der Waals surface area (Å²) in [6.07, 6.45) is 2.58. The molecule has 3 rings (SSSR count). The Morgan fingerprint density at radius 3 is 2.72 bits per heavy atom. The summed E-state index contributed by atoms with van der Waals surface area (Å²) < 4.78 is 1.68. The van der Waals surface area contributed by atoms with Gasteiger partial charge in [-0.15, -0.1) is 0 Å². The van der Waals surface area contributed by atoms with Crippen LogP contribution in [-0.2, 0) is 0 Å². The van der Waals surface area contributed by atoms with Crippen LogP contribution in [0.3, 0.4) is 0 Å². The number of benzene rings is 1. The van der Waals surface area contributed by atoms with E-state index in [1.165, 1.54) is 0 Å². The highest BCUT2D eigenvalue weighted by molar-refractivity contribution is 6.08. The summed E-state index contributed by atoms with van der Waals surface area (Å²) in [5.41, 5.74) is 2.44. The fraction of sp³-hybridized carbons (Fsp3) is 0.211. The van der Waals surface area contributed by atoms with Crippen LogP contribution in [0.25, 0.3) is 5.65 Å². The Morgan fingerprint density at radius 1 is 1.12 bits per heavy atom. The number of nitrogens with zero attached hydrogens (tertiary/aromatic N) is 2. The van der Waals surface area contributed by atoms with Crippen molar-refractivity contribution in [2.45, 2.75) is 20.3 Å². The molecule has 0 atom stereocenters. The first-order valence-corrected chi connectivity index (χ1v) is 8.23. The molecule has 0 radical (unpaired) electrons. The quantitative estimate of drug-likeness (QED) is 0.752. The minimum Gasteiger partial charge on any atom is -0.351 e. The maximum atomic E-state index is 12.5. The third kappa shape index (κ3) is 3.52. The summed E-state index contributed by atoms with van der Waals surface area (Å²) in [6, 6.07) is 12.7. The molecule has 2 N–H and O–H groups in total. The third-order valence-electron chi connectivity index (χ3n) is 3.79. The van der Waals surface area contributed by atoms with Gasteiger partial charge in [0.2, 0.25) is 0 Å². The number of rotatable bonds is 5. The van der Waals surface area contributed by atoms with Gasteiger partial charge in [-0.3, -0.25) is 14.0 Å². The number of hydrogen-bond donors (Lipinski definition) is 2. The lowest BCUT2D eigenvalue weighted by Gasteiger charge is -2.07. The molecule has 3 aromatic rings. The number of aromatic nitrogens is 2. The first-order chi connectivity index (χ1) is 12.1. The molecular formula is C19H20N4O2. The summed E-state index contributed by atoms with van der Waals surface area (Å²) >= 11 is 0. The largest absolute Gasteiger partial charge is 0.351 e. The SMILES string of the molecule is CCCNC(=O)c1c(NC(=O)c2cccc(C)c2)nc2ccccn12. The number of fused-ring (bicyclic) bond motifs is 1. The predicted octanol–water partition coefficient (Wildman–Crippen LogP) is 3.03. The van der Waals surface area contributed by atoms with Gasteiger partial charge in [-0.2, -0.15) is 0 Å². The Morgan fingerprint density at radius 2 is 1.96 bits per heavy atom. The third-order valence-corrected chi connectivity index (χ3v) is 3.79. The number of anilines is 1. The molecule has 6 heteroatoms. The molecule has 2 heterocycles. The molecule has 1 aromatic carbocycles. The van der Waals surface area contributed by atoms with Crippen LogP contribution in [-0.4, -0.2) is 27.7 Å². The van der Waals surface area contributed by atoms with E-state index in [1.54, 1.807) is 28.8 Å². The highest BCUT2D eigenvalue weighted by Crippen LogP contribution is 2.19. The zero-order chi connectivity index (χ0) is 17.8. The van der Waals surface area contributed by atoms with E-state index in [9.17, 15) is 9.59 Å². The van der Waals surface area contributed by atoms with Crippen molar-refractivity contribution >= 4 is 23.3 Å². The lowest BCUT2D eigenvalue weighted by Crippen LogP contribution is -2.27. The van der Waals surface area contributed by atoms with Gasteiger partial charge in [0.05, 0.1) is 0 Å². The normalized spacial score (nSPS) is 10.6. The standard InChI is InChI=1S/C19H20N4O2/c1-3-10-20-19(25)16-17(21-15-9-4-5-11-23(15)16)22-18(24)14-8-6-7-13(2)12-14/h4-9,11-12H,3,10H2,1-2H3,(H,20,25)(H,22,24). The molecule has 0 fully saturated rings. The van der Waals surface area contributed by atoms with Crippen LogP contribution >= 0.6 is 0 Å². The van der Waals surface area contributed by atoms with E-state index >= 15 is 0 Å². The number of aryl methyl sites for hydroxylation is 1. The van der Waals surface area contributed by atoms with Gasteiger partial charge in [0, 0.05) is 18.3 Å². The molecule has 0 bridgehead atoms. The van der Waals surface area contributed by atoms with Gasteiger partial charge in [0.25, 0.3) is 11.8 Å². The zero-order valence-electron chi connectivity index (χ0n) is 14.2. The van der Waals surface area contributed by atoms with Crippen LogP contribution in [0.5, 0.6) is 0 Å². The van der Waals surface area contributed by atoms with Crippen molar-refractivity contribution in [1.82, 2.24) is 14.7 Å². The summed E-state index contributed by atoms with van der Waals surface area (Å²) in [5.74, 6) is -0.303. The Hall–Kier alpha value is -3.15. The Balaban J connectivity index is 1.97. The van der Waals surface area contributed by atoms with E-state index in [2.05, 4.69) is 15.6 Å². The summed E-state index contributed by atoms with van der Waals surface area (Å²) in [6.45, 7) is 4.46. The van der Waals surface area contributed by atoms with Crippen molar-refractivity contribution in [3.8, 4) is 0 Å². The molecule has 0 aliphatic heterocycles. The van der Waals surface area contributed by atoms with E-state index in [0.717, 1.165) is 12.0 Å². The highest BCUT2D eigenvalue weighted by Gasteiger charge is 2.21. The van der Waals surface area contributed by atoms with Crippen LogP contribution < -0.4 is 10.6 Å². The molecule has 0 spiro atoms. The molecule has 25 heavy (non-hydrogen) atoms. The van der Waals surface area contributed by atoms with Gasteiger partial charge < -0.3 is 10.6 Å². The summed E-state index contributed by atoms with van der Waals surface area (Å²) in [4.78, 5) is 29.5. The molecule has 0 aliphatic carbocycles. The molecule has 2 aromatic heterocycles. The van der Waals surface area contributed by atoms with Crippen molar-refractivity contribution in [2.24, 2.45) is 0 Å². The smallest absolute Gasteiger partial charge is 0.272 e. The van der Waals surface area contributed by atoms with Gasteiger partial charge in [-0.1, -0.05) is 30.7 Å². The highest BCUT2D eigenvalue weighted by atomic mass is 16.2. The number of carbonyl (C=O) groups excluding carboxylic acids is 2. The van der Waals surface area contributed by atoms with Crippen molar-refractivity contribution in [3.63, 3.8) is 0 Å². The van der Waals surface area contributed by atoms with Crippen molar-refractivity contribution < 1.29 is 9.59 Å². The van der Waals surface area contributed by atoms with E-state index in [-0.39, 0.29) is 17.6 Å². The predicted molar refractivity (Wildman–Crippen MR) is 96.9 cm³/mol. The molecule has 0 unspecified atom stereocenters. The first-order valence-electron chi connectivity index (χ1n) is 8.23. The number of imidazole rings is 1. The molecule has 128 valence electrons. The average molecular weight is 336 g/mol. The molecule has 0 saturated carbocycles. The molecule has 6 nitrogen and oxygen atoms in total. The van der Waals surface area contributed by atoms with Crippen molar-refractivity contribution in [3.05, 3.63) is 65.5 Å². The van der Waals surface area contributed by atoms with E-state index < -0.39 is 0 Å². The minimum atomic E-state index is -0.295. The first kappa shape index (κ1) is 16.7. The monoisotopic (exact) mass is 336 g/mol. The number of carbonyl (C=O) groups is 2. The molecule has 0 aliphatic rings. The van der Waals surface area contributed by atoms with Gasteiger partial charge in [-0.05, 0) is 37.6 Å². The van der Waals surface area contributed by atoms with Crippen LogP contribution in [0.15, 0.2) is 48.7 Å². The van der Waals surface area contributed by atoms with Crippen LogP contribution in [0, 0.1) is 6.92 Å². The van der Waals surface area contributed by atoms with Crippen LogP contribution in [0.4, 0.5) is 5.82 Å². The second-order valence-electron chi connectivity index (χ2n) is 5.82. The van der Waals surface area contributed by atoms with Gasteiger partial charge in [0.15, 0.2) is 11.5 Å². The number of nitrogens with one attached hydrogen (secondary N) is 2. The number of hydrogen-bond acceptors (Lipinski definition) is 3. The summed E-state index contributed by atoms with van der Waals surface area (Å²) in [5, 5.41) is 5.61. The average Bonchev–Trinajstić information content (AvgIpc) is 2.97. The van der Waals surface area contributed by atoms with E-state index in [0.29, 0.717) is 23.4 Å². The van der Waals surface area contributed by atoms with Gasteiger partial charge in [0.1, 0.15) is 5.65 Å². The fourth-order valence-electron chi connectivity index (χ4n) is 2.59. The minimum absolute atomic E-state index is 0.256. The molecule has 0 saturated heterocycles. The van der Waals surface area contributed by atoms with Gasteiger partial charge >= 0.3 is 0 Å². The molecular weight excluding hydrogens is 316 g/mol. The van der Waals surface area contributed by atoms with E-state index in [1.807, 2.05) is 38.1 Å². The lowest BCUT2D eigenvalue weighted by atomic mass is 10.1. The molecule has 2 amide bonds. The fourth-order valence-corrected chi connectivity index (χ4v) is 2.59. The second kappa shape index (κ2) is 7.17. The van der Waals surface area contributed by atoms with Gasteiger partial charge in [-0.25, -0.2) is 4.98 Å². The second-order valence-corrected chi connectivity index (χ2v) is 5.82. The Labute approximate surface area is 145 Å². The Bertz CT molecular complexity index is 930. The van der Waals surface area contributed by atoms with E-state index in [4.69, 9.17) is 0 Å². The van der Waals surface area contributed by atoms with Crippen molar-refractivity contribution in [1.29, 1.82) is 0 Å². The zero-order valence-corrected chi connectivity index (χ0v) is 14.2. The lowest BCUT2D eigenvalue weighted by molar-refractivity contribution is 0.0949.